The molecule has 2 rings (SSSR count). The molecule has 0 amide bonds. The molecule has 0 bridgehead atoms. The second-order valence-corrected chi connectivity index (χ2v) is 8.24. The van der Waals surface area contributed by atoms with E-state index in [9.17, 15) is 14.3 Å². The van der Waals surface area contributed by atoms with Crippen molar-refractivity contribution in [1.29, 1.82) is 0 Å². The van der Waals surface area contributed by atoms with Crippen LogP contribution in [0.2, 0.25) is 0 Å². The van der Waals surface area contributed by atoms with Crippen LogP contribution in [0.5, 0.6) is 5.75 Å². The number of nitro benzene ring substituents is 1. The molecule has 0 N–H and O–H groups in total. The fourth-order valence-electron chi connectivity index (χ4n) is 2.01. The molecule has 1 atom stereocenters. The van der Waals surface area contributed by atoms with Crippen LogP contribution in [0, 0.1) is 10.1 Å². The molecule has 0 aromatic heterocycles. The third kappa shape index (κ3) is 4.73. The van der Waals surface area contributed by atoms with Crippen molar-refractivity contribution in [1.82, 2.24) is 0 Å². The Morgan fingerprint density at radius 2 is 1.76 bits per heavy atom. The molecule has 0 aliphatic heterocycles. The molecule has 0 aliphatic carbocycles. The number of nitro groups is 1. The molecule has 0 fully saturated rings. The fraction of sp³-hybridized carbons (Fsp3) is 0.278. The average Bonchev–Trinajstić information content (AvgIpc) is 2.58. The Hall–Kier alpha value is -2.54. The van der Waals surface area contributed by atoms with Crippen LogP contribution in [0.1, 0.15) is 31.9 Å². The number of nitrogens with zero attached hydrogens (tertiary/aromatic N) is 2. The Kier molecular flexibility index (Phi) is 5.69. The van der Waals surface area contributed by atoms with Gasteiger partial charge in [0.1, 0.15) is 16.7 Å². The van der Waals surface area contributed by atoms with Crippen molar-refractivity contribution >= 4 is 22.4 Å². The van der Waals surface area contributed by atoms with E-state index in [2.05, 4.69) is 4.40 Å². The zero-order valence-electron chi connectivity index (χ0n) is 14.6. The van der Waals surface area contributed by atoms with Gasteiger partial charge in [0.05, 0.1) is 22.5 Å². The predicted molar refractivity (Wildman–Crippen MR) is 99.6 cm³/mol. The van der Waals surface area contributed by atoms with E-state index >= 15 is 0 Å². The zero-order valence-corrected chi connectivity index (χ0v) is 15.4. The molecule has 0 saturated carbocycles. The molecule has 25 heavy (non-hydrogen) atoms. The maximum atomic E-state index is 12.5. The van der Waals surface area contributed by atoms with Gasteiger partial charge in [-0.25, -0.2) is 4.21 Å². The summed E-state index contributed by atoms with van der Waals surface area (Å²) in [5.41, 5.74) is 1.65. The Morgan fingerprint density at radius 1 is 1.12 bits per heavy atom. The van der Waals surface area contributed by atoms with Gasteiger partial charge in [-0.3, -0.25) is 10.1 Å². The molecular formula is C18H20N2O4S. The molecule has 0 aliphatic rings. The van der Waals surface area contributed by atoms with Gasteiger partial charge in [-0.2, -0.15) is 4.40 Å². The summed E-state index contributed by atoms with van der Waals surface area (Å²) in [5.74, 6) is 0.680. The summed E-state index contributed by atoms with van der Waals surface area (Å²) in [7, 11) is 0.0627. The van der Waals surface area contributed by atoms with Gasteiger partial charge < -0.3 is 4.74 Å². The average molecular weight is 360 g/mol. The van der Waals surface area contributed by atoms with Crippen molar-refractivity contribution in [3.8, 4) is 5.75 Å². The van der Waals surface area contributed by atoms with Crippen molar-refractivity contribution in [3.05, 3.63) is 69.8 Å². The number of rotatable bonds is 5. The molecular weight excluding hydrogens is 340 g/mol. The van der Waals surface area contributed by atoms with Gasteiger partial charge in [0.25, 0.3) is 5.69 Å². The van der Waals surface area contributed by atoms with Crippen molar-refractivity contribution < 1.29 is 13.9 Å². The number of ether oxygens (including phenoxy) is 1. The number of methoxy groups -OCH3 is 1. The fourth-order valence-corrected chi connectivity index (χ4v) is 2.66. The maximum absolute atomic E-state index is 12.5. The predicted octanol–water partition coefficient (Wildman–Crippen LogP) is 3.90. The van der Waals surface area contributed by atoms with Crippen molar-refractivity contribution in [2.75, 3.05) is 7.11 Å². The molecule has 0 saturated heterocycles. The third-order valence-corrected chi connectivity index (χ3v) is 4.79. The van der Waals surface area contributed by atoms with Crippen LogP contribution < -0.4 is 4.74 Å². The first-order valence-corrected chi connectivity index (χ1v) is 8.73. The minimum absolute atomic E-state index is 0.0414. The monoisotopic (exact) mass is 360 g/mol. The molecule has 7 heteroatoms. The van der Waals surface area contributed by atoms with Crippen molar-refractivity contribution in [3.63, 3.8) is 0 Å². The van der Waals surface area contributed by atoms with Gasteiger partial charge in [-0.15, -0.1) is 0 Å². The summed E-state index contributed by atoms with van der Waals surface area (Å²) in [5, 5.41) is 11.1. The molecule has 0 heterocycles. The van der Waals surface area contributed by atoms with Crippen LogP contribution in [0.4, 0.5) is 5.69 Å². The lowest BCUT2D eigenvalue weighted by Gasteiger charge is -2.15. The Morgan fingerprint density at radius 3 is 2.28 bits per heavy atom. The Bertz CT molecular complexity index is 824. The van der Waals surface area contributed by atoms with Crippen LogP contribution in [-0.2, 0) is 11.0 Å². The highest BCUT2D eigenvalue weighted by molar-refractivity contribution is 7.85. The molecule has 0 radical (unpaired) electrons. The Labute approximate surface area is 149 Å². The van der Waals surface area contributed by atoms with Crippen LogP contribution in [0.25, 0.3) is 0 Å². The van der Waals surface area contributed by atoms with E-state index in [1.807, 2.05) is 20.8 Å². The summed E-state index contributed by atoms with van der Waals surface area (Å²) in [4.78, 5) is 10.6. The zero-order chi connectivity index (χ0) is 18.6. The topological polar surface area (TPSA) is 81.8 Å². The smallest absolute Gasteiger partial charge is 0.270 e. The summed E-state index contributed by atoms with van der Waals surface area (Å²) >= 11 is 0. The molecule has 2 aromatic carbocycles. The van der Waals surface area contributed by atoms with E-state index in [1.165, 1.54) is 12.1 Å². The maximum Gasteiger partial charge on any atom is 0.270 e. The number of non-ortho nitro benzene ring substituents is 1. The quantitative estimate of drug-likeness (QED) is 0.460. The summed E-state index contributed by atoms with van der Waals surface area (Å²) in [6.45, 7) is 5.48. The summed E-state index contributed by atoms with van der Waals surface area (Å²) in [6, 6.07) is 13.3. The number of hydrogen-bond donors (Lipinski definition) is 0. The van der Waals surface area contributed by atoms with Crippen molar-refractivity contribution in [2.45, 2.75) is 25.5 Å². The lowest BCUT2D eigenvalue weighted by Crippen LogP contribution is -2.21. The molecule has 0 spiro atoms. The highest BCUT2D eigenvalue weighted by atomic mass is 32.2. The summed E-state index contributed by atoms with van der Waals surface area (Å²) < 4.78 is 21.5. The van der Waals surface area contributed by atoms with E-state index in [0.717, 1.165) is 0 Å². The van der Waals surface area contributed by atoms with Gasteiger partial charge in [0.15, 0.2) is 0 Å². The lowest BCUT2D eigenvalue weighted by atomic mass is 10.0. The molecule has 2 aromatic rings. The van der Waals surface area contributed by atoms with E-state index in [1.54, 1.807) is 43.5 Å². The standard InChI is InChI=1S/C18H20N2O4S/c1-18(2,3)25(23)19-17(13-8-10-16(24-4)11-9-13)14-6-5-7-15(12-14)20(21)22/h5-12H,1-4H3. The first kappa shape index (κ1) is 18.8. The number of benzene rings is 2. The van der Waals surface area contributed by atoms with Crippen LogP contribution in [0.3, 0.4) is 0 Å². The SMILES string of the molecule is COc1ccc(C(=NS(=O)C(C)(C)C)c2cccc([N+](=O)[O-])c2)cc1. The van der Waals surface area contributed by atoms with Crippen molar-refractivity contribution in [2.24, 2.45) is 4.40 Å². The minimum atomic E-state index is -1.51. The lowest BCUT2D eigenvalue weighted by molar-refractivity contribution is -0.384. The molecule has 6 nitrogen and oxygen atoms in total. The largest absolute Gasteiger partial charge is 0.497 e. The molecule has 132 valence electrons. The van der Waals surface area contributed by atoms with Gasteiger partial charge in [0, 0.05) is 23.3 Å². The van der Waals surface area contributed by atoms with Crippen LogP contribution in [0.15, 0.2) is 52.9 Å². The minimum Gasteiger partial charge on any atom is -0.497 e. The van der Waals surface area contributed by atoms with E-state index < -0.39 is 20.7 Å². The van der Waals surface area contributed by atoms with E-state index in [-0.39, 0.29) is 5.69 Å². The Balaban J connectivity index is 2.59. The first-order chi connectivity index (χ1) is 11.7. The summed E-state index contributed by atoms with van der Waals surface area (Å²) in [6.07, 6.45) is 0. The third-order valence-electron chi connectivity index (χ3n) is 3.39. The first-order valence-electron chi connectivity index (χ1n) is 7.62. The van der Waals surface area contributed by atoms with Gasteiger partial charge in [0.2, 0.25) is 0 Å². The molecule has 1 unspecified atom stereocenters. The highest BCUT2D eigenvalue weighted by Gasteiger charge is 2.21. The number of hydrogen-bond acceptors (Lipinski definition) is 4. The second kappa shape index (κ2) is 7.57. The van der Waals surface area contributed by atoms with E-state index in [4.69, 9.17) is 4.74 Å². The van der Waals surface area contributed by atoms with E-state index in [0.29, 0.717) is 22.6 Å². The van der Waals surface area contributed by atoms with Crippen LogP contribution in [-0.4, -0.2) is 26.7 Å². The van der Waals surface area contributed by atoms with Gasteiger partial charge in [-0.1, -0.05) is 12.1 Å². The van der Waals surface area contributed by atoms with Gasteiger partial charge >= 0.3 is 0 Å². The second-order valence-electron chi connectivity index (χ2n) is 6.34. The highest BCUT2D eigenvalue weighted by Crippen LogP contribution is 2.22. The normalized spacial score (nSPS) is 13.4. The van der Waals surface area contributed by atoms with Gasteiger partial charge in [-0.05, 0) is 45.0 Å². The van der Waals surface area contributed by atoms with Crippen LogP contribution >= 0.6 is 0 Å².